The van der Waals surface area contributed by atoms with E-state index in [2.05, 4.69) is 99.1 Å². The molecule has 360 valence electrons. The van der Waals surface area contributed by atoms with Crippen molar-refractivity contribution in [2.75, 3.05) is 19.2 Å². The van der Waals surface area contributed by atoms with E-state index in [1.807, 2.05) is 49.4 Å². The van der Waals surface area contributed by atoms with Crippen molar-refractivity contribution in [3.63, 3.8) is 0 Å². The molecule has 3 heterocycles. The number of carboxylic acid groups (broad SMARTS) is 1. The fourth-order valence-corrected chi connectivity index (χ4v) is 11.0. The van der Waals surface area contributed by atoms with Crippen LogP contribution in [0.5, 0.6) is 0 Å². The van der Waals surface area contributed by atoms with Gasteiger partial charge in [0.1, 0.15) is 0 Å². The normalized spacial score (nSPS) is 14.5. The van der Waals surface area contributed by atoms with Crippen LogP contribution < -0.4 is 48.4 Å². The molecule has 0 aliphatic heterocycles. The number of hydrogen-bond donors (Lipinski definition) is 1. The van der Waals surface area contributed by atoms with Gasteiger partial charge in [-0.05, 0) is 144 Å². The minimum Gasteiger partial charge on any atom is -0.870 e. The maximum Gasteiger partial charge on any atom is 1.00 e. The van der Waals surface area contributed by atoms with Crippen molar-refractivity contribution in [2.45, 2.75) is 128 Å². The summed E-state index contributed by atoms with van der Waals surface area (Å²) in [4.78, 5) is 36.4. The summed E-state index contributed by atoms with van der Waals surface area (Å²) in [5.41, 5.74) is 11.8. The quantitative estimate of drug-likeness (QED) is 0.0556. The van der Waals surface area contributed by atoms with Crippen molar-refractivity contribution in [3.8, 4) is 0 Å². The Morgan fingerprint density at radius 2 is 0.926 bits per heavy atom. The summed E-state index contributed by atoms with van der Waals surface area (Å²) in [6, 6.07) is 17.3. The van der Waals surface area contributed by atoms with Gasteiger partial charge in [0, 0.05) is 65.2 Å². The van der Waals surface area contributed by atoms with Crippen LogP contribution >= 0.6 is 38.5 Å². The fourth-order valence-electron chi connectivity index (χ4n) is 10.3. The SMILES string of the molecule is CI.COC(=O)c1ccc2c(C3CCCC3)c(Br)n(C)c2c1.COC(=O)c1ccc2c(C3CCCC3)c(C)n(C)c2c1.Cc1c(C2CCCC2)c2ccc(C(=O)O)cc2n1C.[CH2-]CCC.[Li+].[Na+].[OH-]. The number of aryl methyl sites for hydroxylation is 3. The van der Waals surface area contributed by atoms with Gasteiger partial charge in [-0.25, -0.2) is 14.4 Å². The van der Waals surface area contributed by atoms with Crippen molar-refractivity contribution < 1.29 is 82.9 Å². The minimum absolute atomic E-state index is 0. The number of aromatic nitrogens is 3. The smallest absolute Gasteiger partial charge is 0.870 e. The third-order valence-corrected chi connectivity index (χ3v) is 14.9. The maximum atomic E-state index is 11.7. The molecule has 3 fully saturated rings. The Morgan fingerprint density at radius 1 is 0.632 bits per heavy atom. The Kier molecular flexibility index (Phi) is 26.3. The number of nitrogens with zero attached hydrogens (tertiary/aromatic N) is 3. The van der Waals surface area contributed by atoms with Gasteiger partial charge in [0.05, 0.1) is 35.5 Å². The predicted molar refractivity (Wildman–Crippen MR) is 281 cm³/mol. The number of benzene rings is 3. The predicted octanol–water partition coefficient (Wildman–Crippen LogP) is 8.66. The van der Waals surface area contributed by atoms with E-state index in [0.29, 0.717) is 34.4 Å². The summed E-state index contributed by atoms with van der Waals surface area (Å²) >= 11 is 5.88. The van der Waals surface area contributed by atoms with Crippen LogP contribution in [0.3, 0.4) is 0 Å². The third kappa shape index (κ3) is 13.7. The van der Waals surface area contributed by atoms with Crippen LogP contribution in [0, 0.1) is 20.8 Å². The van der Waals surface area contributed by atoms with Crippen LogP contribution in [0.15, 0.2) is 59.2 Å². The molecule has 0 spiro atoms. The molecule has 3 aromatic heterocycles. The van der Waals surface area contributed by atoms with Crippen LogP contribution in [0.2, 0.25) is 0 Å². The van der Waals surface area contributed by atoms with Crippen LogP contribution in [-0.4, -0.2) is 61.3 Å². The molecule has 3 aromatic carbocycles. The molecular formula is C54H71BrILiN3NaO7. The molecule has 0 amide bonds. The molecule has 0 atom stereocenters. The molecule has 9 rings (SSSR count). The first-order chi connectivity index (χ1) is 31.3. The zero-order valence-electron chi connectivity index (χ0n) is 42.6. The zero-order valence-corrected chi connectivity index (χ0v) is 48.3. The summed E-state index contributed by atoms with van der Waals surface area (Å²) in [5, 5.41) is 12.9. The Labute approximate surface area is 461 Å². The first-order valence-corrected chi connectivity index (χ1v) is 26.2. The average Bonchev–Trinajstić information content (AvgIpc) is 4.22. The number of esters is 2. The van der Waals surface area contributed by atoms with Gasteiger partial charge in [-0.3, -0.25) is 0 Å². The molecule has 3 aliphatic rings. The monoisotopic (exact) mass is 1110 g/mol. The first-order valence-electron chi connectivity index (χ1n) is 23.3. The van der Waals surface area contributed by atoms with Gasteiger partial charge in [0.25, 0.3) is 0 Å². The Morgan fingerprint density at radius 3 is 1.25 bits per heavy atom. The Hall–Kier alpha value is -2.54. The van der Waals surface area contributed by atoms with Crippen molar-refractivity contribution in [3.05, 3.63) is 111 Å². The molecule has 3 saturated carbocycles. The summed E-state index contributed by atoms with van der Waals surface area (Å²) < 4.78 is 17.2. The molecule has 68 heavy (non-hydrogen) atoms. The number of carbonyl (C=O) groups excluding carboxylic acids is 2. The van der Waals surface area contributed by atoms with Crippen molar-refractivity contribution in [2.24, 2.45) is 21.1 Å². The third-order valence-electron chi connectivity index (χ3n) is 14.0. The molecule has 0 unspecified atom stereocenters. The molecule has 0 bridgehead atoms. The number of unbranched alkanes of at least 4 members (excludes halogenated alkanes) is 1. The number of ether oxygens (including phenoxy) is 2. The molecular weight excluding hydrogens is 1040 g/mol. The van der Waals surface area contributed by atoms with Gasteiger partial charge in [-0.2, -0.15) is 6.42 Å². The maximum absolute atomic E-state index is 11.7. The second kappa shape index (κ2) is 29.1. The molecule has 0 saturated heterocycles. The van der Waals surface area contributed by atoms with Crippen LogP contribution in [0.25, 0.3) is 32.7 Å². The number of carboxylic acids is 1. The standard InChI is InChI=1S/C17H21NO2.C16H18BrNO2.C16H19NO2.C4H9.CH3I.Li.Na.H2O/c1-11-16(12-6-4-5-7-12)14-9-8-13(17(19)20-3)10-15(14)18(11)2;1-18-13-9-11(16(19)20-2)7-8-12(13)14(15(18)17)10-5-3-4-6-10;1-10-15(11-5-3-4-6-11)13-8-7-12(16(18)19)9-14(13)17(10)2;1-3-4-2;1-2;;;/h8-10,12H,4-7H2,1-3H3;7-10H,3-6H2,1-2H3;7-9,11H,3-6H2,1-2H3,(H,18,19);1,3-4H2,2H3;1H3;;;1H2/q;;;-1;;2*+1;/p-1. The van der Waals surface area contributed by atoms with Gasteiger partial charge in [0.2, 0.25) is 0 Å². The van der Waals surface area contributed by atoms with E-state index in [9.17, 15) is 14.4 Å². The van der Waals surface area contributed by atoms with Gasteiger partial charge in [0.15, 0.2) is 0 Å². The number of halogens is 2. The summed E-state index contributed by atoms with van der Waals surface area (Å²) in [6.45, 7) is 10.1. The van der Waals surface area contributed by atoms with Crippen LogP contribution in [0.1, 0.15) is 174 Å². The van der Waals surface area contributed by atoms with Crippen LogP contribution in [0.4, 0.5) is 0 Å². The largest absolute Gasteiger partial charge is 1.00 e. The molecule has 10 nitrogen and oxygen atoms in total. The van der Waals surface area contributed by atoms with E-state index in [-0.39, 0.29) is 65.8 Å². The van der Waals surface area contributed by atoms with Crippen molar-refractivity contribution >= 4 is 89.1 Å². The zero-order chi connectivity index (χ0) is 47.5. The van der Waals surface area contributed by atoms with Crippen molar-refractivity contribution in [1.82, 2.24) is 13.7 Å². The number of fused-ring (bicyclic) bond motifs is 3. The van der Waals surface area contributed by atoms with Crippen molar-refractivity contribution in [1.29, 1.82) is 0 Å². The fraction of sp³-hybridized carbons (Fsp3) is 0.481. The van der Waals surface area contributed by atoms with E-state index in [4.69, 9.17) is 14.6 Å². The number of alkyl halides is 1. The van der Waals surface area contributed by atoms with Gasteiger partial charge in [-0.1, -0.05) is 92.7 Å². The van der Waals surface area contributed by atoms with E-state index < -0.39 is 5.97 Å². The Balaban J connectivity index is 0.000000324. The number of methoxy groups -OCH3 is 2. The summed E-state index contributed by atoms with van der Waals surface area (Å²) in [7, 11) is 8.98. The second-order valence-electron chi connectivity index (χ2n) is 17.7. The van der Waals surface area contributed by atoms with E-state index in [1.54, 1.807) is 12.1 Å². The number of carbonyl (C=O) groups is 3. The van der Waals surface area contributed by atoms with E-state index in [1.165, 1.54) is 142 Å². The number of hydrogen-bond acceptors (Lipinski definition) is 6. The summed E-state index contributed by atoms with van der Waals surface area (Å²) in [5.74, 6) is 0.557. The van der Waals surface area contributed by atoms with Gasteiger partial charge < -0.3 is 40.7 Å². The molecule has 2 N–H and O–H groups in total. The van der Waals surface area contributed by atoms with E-state index >= 15 is 0 Å². The van der Waals surface area contributed by atoms with Gasteiger partial charge >= 0.3 is 66.3 Å². The first kappa shape index (κ1) is 61.6. The second-order valence-corrected chi connectivity index (χ2v) is 18.4. The molecule has 14 heteroatoms. The molecule has 3 aliphatic carbocycles. The van der Waals surface area contributed by atoms with Gasteiger partial charge in [-0.15, -0.1) is 0 Å². The van der Waals surface area contributed by atoms with E-state index in [0.717, 1.165) is 27.6 Å². The molecule has 0 radical (unpaired) electrons. The summed E-state index contributed by atoms with van der Waals surface area (Å²) in [6.07, 6.45) is 17.8. The topological polar surface area (TPSA) is 135 Å². The number of aromatic carboxylic acids is 1. The minimum atomic E-state index is -0.858. The molecule has 6 aromatic rings. The van der Waals surface area contributed by atoms with Crippen LogP contribution in [-0.2, 0) is 30.6 Å². The Bertz CT molecular complexity index is 2480. The number of rotatable bonds is 7. The average molecular weight is 1110 g/mol.